The monoisotopic (exact) mass is 307 g/mol. The van der Waals surface area contributed by atoms with E-state index in [-0.39, 0.29) is 11.7 Å². The molecule has 0 aromatic heterocycles. The lowest BCUT2D eigenvalue weighted by molar-refractivity contribution is -0.116. The number of rotatable bonds is 2. The third kappa shape index (κ3) is 2.53. The Labute approximate surface area is 125 Å². The molecule has 0 atom stereocenters. The molecule has 3 rings (SSSR count). The number of hydrogen-bond donors (Lipinski definition) is 0. The molecule has 0 aliphatic carbocycles. The standard InChI is InChI=1S/C15H11ClFNOS/c16-12-7-11(17)6-5-10(12)8-18-13-3-1-2-4-14(13)20-9-15(18)19/h1-7H,8-9H2. The average molecular weight is 308 g/mol. The van der Waals surface area contributed by atoms with Crippen LogP contribution in [0.3, 0.4) is 0 Å². The molecule has 1 amide bonds. The molecule has 0 radical (unpaired) electrons. The zero-order chi connectivity index (χ0) is 14.1. The highest BCUT2D eigenvalue weighted by atomic mass is 35.5. The zero-order valence-corrected chi connectivity index (χ0v) is 12.0. The molecule has 2 aromatic rings. The van der Waals surface area contributed by atoms with Crippen LogP contribution in [0.2, 0.25) is 5.02 Å². The number of fused-ring (bicyclic) bond motifs is 1. The van der Waals surface area contributed by atoms with E-state index in [0.29, 0.717) is 17.3 Å². The quantitative estimate of drug-likeness (QED) is 0.832. The molecule has 102 valence electrons. The van der Waals surface area contributed by atoms with Crippen molar-refractivity contribution in [1.82, 2.24) is 0 Å². The molecule has 0 bridgehead atoms. The molecular formula is C15H11ClFNOS. The molecule has 0 unspecified atom stereocenters. The summed E-state index contributed by atoms with van der Waals surface area (Å²) in [5, 5.41) is 0.341. The maximum absolute atomic E-state index is 13.1. The highest BCUT2D eigenvalue weighted by molar-refractivity contribution is 8.00. The Morgan fingerprint density at radius 1 is 1.25 bits per heavy atom. The van der Waals surface area contributed by atoms with Gasteiger partial charge in [0.25, 0.3) is 0 Å². The fraction of sp³-hybridized carbons (Fsp3) is 0.133. The minimum absolute atomic E-state index is 0.0362. The van der Waals surface area contributed by atoms with Crippen molar-refractivity contribution in [2.24, 2.45) is 0 Å². The van der Waals surface area contributed by atoms with E-state index in [4.69, 9.17) is 11.6 Å². The van der Waals surface area contributed by atoms with Crippen molar-refractivity contribution in [3.8, 4) is 0 Å². The molecule has 5 heteroatoms. The van der Waals surface area contributed by atoms with Gasteiger partial charge in [0.15, 0.2) is 0 Å². The van der Waals surface area contributed by atoms with E-state index < -0.39 is 0 Å². The number of amides is 1. The lowest BCUT2D eigenvalue weighted by atomic mass is 10.2. The van der Waals surface area contributed by atoms with E-state index in [1.165, 1.54) is 23.9 Å². The zero-order valence-electron chi connectivity index (χ0n) is 10.5. The second-order valence-electron chi connectivity index (χ2n) is 4.47. The fourth-order valence-corrected chi connectivity index (χ4v) is 3.31. The van der Waals surface area contributed by atoms with Crippen LogP contribution in [0.1, 0.15) is 5.56 Å². The number of carbonyl (C=O) groups excluding carboxylic acids is 1. The predicted molar refractivity (Wildman–Crippen MR) is 79.8 cm³/mol. The second-order valence-corrected chi connectivity index (χ2v) is 5.90. The number of thioether (sulfide) groups is 1. The first-order valence-electron chi connectivity index (χ1n) is 6.11. The third-order valence-corrected chi connectivity index (χ3v) is 4.55. The first kappa shape index (κ1) is 13.5. The summed E-state index contributed by atoms with van der Waals surface area (Å²) in [5.74, 6) is 0.0734. The van der Waals surface area contributed by atoms with Gasteiger partial charge in [0, 0.05) is 9.92 Å². The van der Waals surface area contributed by atoms with Crippen molar-refractivity contribution in [1.29, 1.82) is 0 Å². The van der Waals surface area contributed by atoms with Gasteiger partial charge in [0.1, 0.15) is 5.82 Å². The van der Waals surface area contributed by atoms with Gasteiger partial charge in [0.2, 0.25) is 5.91 Å². The number of halogens is 2. The van der Waals surface area contributed by atoms with Crippen molar-refractivity contribution in [3.05, 3.63) is 58.9 Å². The SMILES string of the molecule is O=C1CSc2ccccc2N1Cc1ccc(F)cc1Cl. The summed E-state index contributed by atoms with van der Waals surface area (Å²) in [6.45, 7) is 0.357. The smallest absolute Gasteiger partial charge is 0.237 e. The number of carbonyl (C=O) groups is 1. The van der Waals surface area contributed by atoms with Gasteiger partial charge in [-0.05, 0) is 29.8 Å². The van der Waals surface area contributed by atoms with Crippen molar-refractivity contribution in [2.45, 2.75) is 11.4 Å². The third-order valence-electron chi connectivity index (χ3n) is 3.15. The van der Waals surface area contributed by atoms with Crippen LogP contribution in [0.15, 0.2) is 47.4 Å². The van der Waals surface area contributed by atoms with E-state index in [2.05, 4.69) is 0 Å². The van der Waals surface area contributed by atoms with Crippen molar-refractivity contribution >= 4 is 35.0 Å². The van der Waals surface area contributed by atoms with Crippen LogP contribution in [0.25, 0.3) is 0 Å². The summed E-state index contributed by atoms with van der Waals surface area (Å²) in [4.78, 5) is 14.9. The predicted octanol–water partition coefficient (Wildman–Crippen LogP) is 4.12. The largest absolute Gasteiger partial charge is 0.306 e. The number of hydrogen-bond acceptors (Lipinski definition) is 2. The first-order chi connectivity index (χ1) is 9.65. The van der Waals surface area contributed by atoms with Gasteiger partial charge in [-0.15, -0.1) is 11.8 Å². The van der Waals surface area contributed by atoms with Crippen LogP contribution in [-0.2, 0) is 11.3 Å². The van der Waals surface area contributed by atoms with Crippen molar-refractivity contribution < 1.29 is 9.18 Å². The molecule has 0 N–H and O–H groups in total. The van der Waals surface area contributed by atoms with Crippen LogP contribution in [0, 0.1) is 5.82 Å². The fourth-order valence-electron chi connectivity index (χ4n) is 2.15. The molecule has 0 saturated heterocycles. The molecule has 1 aliphatic rings. The number of benzene rings is 2. The van der Waals surface area contributed by atoms with Gasteiger partial charge in [0.05, 0.1) is 18.0 Å². The number of anilines is 1. The first-order valence-corrected chi connectivity index (χ1v) is 7.47. The second kappa shape index (κ2) is 5.46. The van der Waals surface area contributed by atoms with Gasteiger partial charge in [-0.25, -0.2) is 4.39 Å². The van der Waals surface area contributed by atoms with Gasteiger partial charge in [-0.1, -0.05) is 29.8 Å². The number of para-hydroxylation sites is 1. The molecule has 0 spiro atoms. The average Bonchev–Trinajstić information content (AvgIpc) is 2.44. The highest BCUT2D eigenvalue weighted by Crippen LogP contribution is 2.36. The van der Waals surface area contributed by atoms with Crippen LogP contribution in [-0.4, -0.2) is 11.7 Å². The van der Waals surface area contributed by atoms with Crippen LogP contribution in [0.4, 0.5) is 10.1 Å². The van der Waals surface area contributed by atoms with Crippen LogP contribution >= 0.6 is 23.4 Å². The van der Waals surface area contributed by atoms with E-state index in [1.54, 1.807) is 11.0 Å². The van der Waals surface area contributed by atoms with E-state index >= 15 is 0 Å². The topological polar surface area (TPSA) is 20.3 Å². The maximum atomic E-state index is 13.1. The minimum atomic E-state index is -0.375. The van der Waals surface area contributed by atoms with Gasteiger partial charge < -0.3 is 4.90 Å². The number of nitrogens with zero attached hydrogens (tertiary/aromatic N) is 1. The molecule has 2 nitrogen and oxygen atoms in total. The van der Waals surface area contributed by atoms with Crippen molar-refractivity contribution in [2.75, 3.05) is 10.7 Å². The van der Waals surface area contributed by atoms with Gasteiger partial charge in [-0.3, -0.25) is 4.79 Å². The highest BCUT2D eigenvalue weighted by Gasteiger charge is 2.24. The van der Waals surface area contributed by atoms with Gasteiger partial charge in [-0.2, -0.15) is 0 Å². The summed E-state index contributed by atoms with van der Waals surface area (Å²) in [5.41, 5.74) is 1.62. The minimum Gasteiger partial charge on any atom is -0.306 e. The Kier molecular flexibility index (Phi) is 3.68. The summed E-state index contributed by atoms with van der Waals surface area (Å²) in [6.07, 6.45) is 0. The molecule has 2 aromatic carbocycles. The van der Waals surface area contributed by atoms with E-state index in [1.807, 2.05) is 24.3 Å². The van der Waals surface area contributed by atoms with E-state index in [0.717, 1.165) is 16.1 Å². The molecule has 1 heterocycles. The Bertz CT molecular complexity index is 677. The summed E-state index contributed by atoms with van der Waals surface area (Å²) < 4.78 is 13.1. The summed E-state index contributed by atoms with van der Waals surface area (Å²) in [7, 11) is 0. The molecule has 0 saturated carbocycles. The Morgan fingerprint density at radius 2 is 2.05 bits per heavy atom. The molecular weight excluding hydrogens is 297 g/mol. The normalized spacial score (nSPS) is 14.3. The Hall–Kier alpha value is -1.52. The Balaban J connectivity index is 1.95. The van der Waals surface area contributed by atoms with Gasteiger partial charge >= 0.3 is 0 Å². The lowest BCUT2D eigenvalue weighted by Crippen LogP contribution is -2.34. The van der Waals surface area contributed by atoms with Crippen molar-refractivity contribution in [3.63, 3.8) is 0 Å². The Morgan fingerprint density at radius 3 is 2.85 bits per heavy atom. The van der Waals surface area contributed by atoms with E-state index in [9.17, 15) is 9.18 Å². The molecule has 0 fully saturated rings. The molecule has 20 heavy (non-hydrogen) atoms. The molecule has 1 aliphatic heterocycles. The van der Waals surface area contributed by atoms with Crippen LogP contribution < -0.4 is 4.90 Å². The van der Waals surface area contributed by atoms with Crippen LogP contribution in [0.5, 0.6) is 0 Å². The summed E-state index contributed by atoms with van der Waals surface area (Å²) in [6, 6.07) is 12.0. The lowest BCUT2D eigenvalue weighted by Gasteiger charge is -2.29. The maximum Gasteiger partial charge on any atom is 0.237 e. The summed E-state index contributed by atoms with van der Waals surface area (Å²) >= 11 is 7.57.